The van der Waals surface area contributed by atoms with E-state index in [4.69, 9.17) is 23.2 Å². The summed E-state index contributed by atoms with van der Waals surface area (Å²) in [7, 11) is 0. The van der Waals surface area contributed by atoms with Crippen molar-refractivity contribution in [2.24, 2.45) is 23.2 Å². The Morgan fingerprint density at radius 3 is 2.60 bits per heavy atom. The number of carbonyl (C=O) groups is 1. The standard InChI is InChI=1S/C23H29Cl2N3O2/c24-17-8-18(25)20(26-12-17)27-4-1-2-22(13-27)3-5-28(21(22)30)23-9-14-6-15(10-23)19(29)16(7-14)11-23/h8,12,14-16,19,29H,1-7,9-11,13H2/t14?,15?,16?,19?,22-,23?/m1/s1. The number of anilines is 1. The Hall–Kier alpha value is -1.04. The normalized spacial score (nSPS) is 42.6. The summed E-state index contributed by atoms with van der Waals surface area (Å²) >= 11 is 12.5. The van der Waals surface area contributed by atoms with Gasteiger partial charge < -0.3 is 14.9 Å². The molecule has 3 atom stereocenters. The monoisotopic (exact) mass is 449 g/mol. The number of aliphatic hydroxyl groups excluding tert-OH is 1. The third-order valence-corrected chi connectivity index (χ3v) is 9.43. The number of hydrogen-bond acceptors (Lipinski definition) is 4. The van der Waals surface area contributed by atoms with Crippen LogP contribution in [0.5, 0.6) is 0 Å². The van der Waals surface area contributed by atoms with E-state index in [0.717, 1.165) is 70.3 Å². The molecule has 7 rings (SSSR count). The van der Waals surface area contributed by atoms with Crippen molar-refractivity contribution in [3.63, 3.8) is 0 Å². The molecule has 4 aliphatic carbocycles. The number of aliphatic hydroxyl groups is 1. The predicted octanol–water partition coefficient (Wildman–Crippen LogP) is 4.15. The van der Waals surface area contributed by atoms with E-state index in [2.05, 4.69) is 14.8 Å². The van der Waals surface area contributed by atoms with Crippen LogP contribution in [0.25, 0.3) is 0 Å². The van der Waals surface area contributed by atoms with Crippen LogP contribution in [-0.2, 0) is 4.79 Å². The summed E-state index contributed by atoms with van der Waals surface area (Å²) in [5.74, 6) is 2.55. The van der Waals surface area contributed by atoms with Crippen molar-refractivity contribution in [3.05, 3.63) is 22.3 Å². The fourth-order valence-corrected chi connectivity index (χ4v) is 8.39. The van der Waals surface area contributed by atoms with E-state index in [-0.39, 0.29) is 17.1 Å². The van der Waals surface area contributed by atoms with Gasteiger partial charge in [0.1, 0.15) is 5.82 Å². The summed E-state index contributed by atoms with van der Waals surface area (Å²) in [4.78, 5) is 22.9. The number of likely N-dealkylation sites (tertiary alicyclic amines) is 1. The summed E-state index contributed by atoms with van der Waals surface area (Å²) in [6.07, 6.45) is 9.76. The first-order chi connectivity index (χ1) is 14.4. The van der Waals surface area contributed by atoms with E-state index in [1.54, 1.807) is 12.3 Å². The molecule has 3 heterocycles. The van der Waals surface area contributed by atoms with Gasteiger partial charge in [-0.15, -0.1) is 0 Å². The molecule has 1 aromatic rings. The molecule has 30 heavy (non-hydrogen) atoms. The minimum atomic E-state index is -0.329. The van der Waals surface area contributed by atoms with Crippen LogP contribution in [0.2, 0.25) is 10.0 Å². The molecule has 4 bridgehead atoms. The number of carbonyl (C=O) groups excluding carboxylic acids is 1. The van der Waals surface area contributed by atoms with Gasteiger partial charge in [0.2, 0.25) is 5.91 Å². The molecular weight excluding hydrogens is 421 g/mol. The zero-order chi connectivity index (χ0) is 20.7. The third kappa shape index (κ3) is 2.77. The minimum absolute atomic E-state index is 0.00520. The lowest BCUT2D eigenvalue weighted by molar-refractivity contribution is -0.167. The zero-order valence-electron chi connectivity index (χ0n) is 17.2. The number of pyridine rings is 1. The maximum absolute atomic E-state index is 14.0. The van der Waals surface area contributed by atoms with Gasteiger partial charge in [0.25, 0.3) is 0 Å². The molecular formula is C23H29Cl2N3O2. The van der Waals surface area contributed by atoms with Gasteiger partial charge in [-0.05, 0) is 75.2 Å². The van der Waals surface area contributed by atoms with Crippen LogP contribution in [0.4, 0.5) is 5.82 Å². The van der Waals surface area contributed by atoms with E-state index in [0.29, 0.717) is 40.3 Å². The van der Waals surface area contributed by atoms with Crippen molar-refractivity contribution in [1.82, 2.24) is 9.88 Å². The largest absolute Gasteiger partial charge is 0.393 e. The number of amides is 1. The molecule has 0 radical (unpaired) electrons. The smallest absolute Gasteiger partial charge is 0.231 e. The average molecular weight is 450 g/mol. The Kier molecular flexibility index (Phi) is 4.40. The van der Waals surface area contributed by atoms with E-state index in [9.17, 15) is 9.90 Å². The molecule has 1 spiro atoms. The Labute approximate surface area is 187 Å². The fourth-order valence-electron chi connectivity index (χ4n) is 7.89. The molecule has 5 nitrogen and oxygen atoms in total. The molecule has 2 saturated heterocycles. The number of hydrogen-bond donors (Lipinski definition) is 1. The lowest BCUT2D eigenvalue weighted by atomic mass is 9.51. The van der Waals surface area contributed by atoms with Gasteiger partial charge in [0.15, 0.2) is 0 Å². The van der Waals surface area contributed by atoms with E-state index in [1.165, 1.54) is 0 Å². The zero-order valence-corrected chi connectivity index (χ0v) is 18.7. The highest BCUT2D eigenvalue weighted by molar-refractivity contribution is 6.36. The number of halogens is 2. The second-order valence-corrected chi connectivity index (χ2v) is 11.5. The highest BCUT2D eigenvalue weighted by Gasteiger charge is 2.62. The lowest BCUT2D eigenvalue weighted by Crippen LogP contribution is -2.65. The molecule has 1 N–H and O–H groups in total. The summed E-state index contributed by atoms with van der Waals surface area (Å²) in [6, 6.07) is 1.73. The summed E-state index contributed by atoms with van der Waals surface area (Å²) in [6.45, 7) is 2.41. The topological polar surface area (TPSA) is 56.7 Å². The first kappa shape index (κ1) is 19.6. The van der Waals surface area contributed by atoms with Crippen molar-refractivity contribution in [3.8, 4) is 0 Å². The molecule has 2 aliphatic heterocycles. The summed E-state index contributed by atoms with van der Waals surface area (Å²) in [5, 5.41) is 11.7. The highest BCUT2D eigenvalue weighted by atomic mass is 35.5. The third-order valence-electron chi connectivity index (χ3n) is 8.94. The number of piperidine rings is 1. The SMILES string of the molecule is O=C1N(C23CC4CC(C2)C(O)C(C4)C3)CC[C@@]12CCCN(c1ncc(Cl)cc1Cl)C2. The van der Waals surface area contributed by atoms with Crippen LogP contribution >= 0.6 is 23.2 Å². The maximum atomic E-state index is 14.0. The Morgan fingerprint density at radius 1 is 1.10 bits per heavy atom. The Morgan fingerprint density at radius 2 is 1.87 bits per heavy atom. The van der Waals surface area contributed by atoms with Crippen molar-refractivity contribution < 1.29 is 9.90 Å². The van der Waals surface area contributed by atoms with Gasteiger partial charge in [0.05, 0.1) is 21.6 Å². The van der Waals surface area contributed by atoms with Crippen LogP contribution in [0.15, 0.2) is 12.3 Å². The van der Waals surface area contributed by atoms with Crippen LogP contribution in [0.3, 0.4) is 0 Å². The quantitative estimate of drug-likeness (QED) is 0.736. The fraction of sp³-hybridized carbons (Fsp3) is 0.739. The second-order valence-electron chi connectivity index (χ2n) is 10.7. The average Bonchev–Trinajstić information content (AvgIpc) is 3.01. The number of nitrogens with zero attached hydrogens (tertiary/aromatic N) is 3. The molecule has 2 unspecified atom stereocenters. The van der Waals surface area contributed by atoms with Crippen LogP contribution < -0.4 is 4.90 Å². The number of aromatic nitrogens is 1. The molecule has 1 amide bonds. The first-order valence-corrected chi connectivity index (χ1v) is 12.2. The molecule has 7 heteroatoms. The molecule has 4 saturated carbocycles. The molecule has 1 aromatic heterocycles. The van der Waals surface area contributed by atoms with Gasteiger partial charge in [0, 0.05) is 31.4 Å². The predicted molar refractivity (Wildman–Crippen MR) is 117 cm³/mol. The van der Waals surface area contributed by atoms with Crippen molar-refractivity contribution >= 4 is 34.9 Å². The van der Waals surface area contributed by atoms with Crippen molar-refractivity contribution in [1.29, 1.82) is 0 Å². The van der Waals surface area contributed by atoms with Crippen LogP contribution in [-0.4, -0.2) is 52.2 Å². The second kappa shape index (κ2) is 6.73. The highest BCUT2D eigenvalue weighted by Crippen LogP contribution is 2.59. The van der Waals surface area contributed by atoms with Gasteiger partial charge in [-0.3, -0.25) is 4.79 Å². The van der Waals surface area contributed by atoms with Crippen LogP contribution in [0, 0.1) is 23.2 Å². The van der Waals surface area contributed by atoms with E-state index < -0.39 is 0 Å². The van der Waals surface area contributed by atoms with Gasteiger partial charge in [-0.1, -0.05) is 23.2 Å². The van der Waals surface area contributed by atoms with Crippen molar-refractivity contribution in [2.45, 2.75) is 63.0 Å². The molecule has 6 aliphatic rings. The van der Waals surface area contributed by atoms with Gasteiger partial charge in [-0.25, -0.2) is 4.98 Å². The van der Waals surface area contributed by atoms with Gasteiger partial charge >= 0.3 is 0 Å². The Bertz CT molecular complexity index is 879. The molecule has 6 fully saturated rings. The maximum Gasteiger partial charge on any atom is 0.231 e. The lowest BCUT2D eigenvalue weighted by Gasteiger charge is -2.61. The summed E-state index contributed by atoms with van der Waals surface area (Å²) < 4.78 is 0. The molecule has 0 aromatic carbocycles. The van der Waals surface area contributed by atoms with Gasteiger partial charge in [-0.2, -0.15) is 0 Å². The number of rotatable bonds is 2. The summed E-state index contributed by atoms with van der Waals surface area (Å²) in [5.41, 5.74) is -0.334. The van der Waals surface area contributed by atoms with Crippen molar-refractivity contribution in [2.75, 3.05) is 24.5 Å². The minimum Gasteiger partial charge on any atom is -0.393 e. The first-order valence-electron chi connectivity index (χ1n) is 11.5. The Balaban J connectivity index is 1.26. The van der Waals surface area contributed by atoms with Crippen LogP contribution in [0.1, 0.15) is 51.4 Å². The molecule has 162 valence electrons. The van der Waals surface area contributed by atoms with E-state index >= 15 is 0 Å². The van der Waals surface area contributed by atoms with E-state index in [1.807, 2.05) is 0 Å².